The summed E-state index contributed by atoms with van der Waals surface area (Å²) in [5.41, 5.74) is 0.559. The molecular formula is C14H14F3NO2. The SMILES string of the molecule is CCn1cc(CCC(=O)O)c2ccc(C(F)(F)F)cc21. The van der Waals surface area contributed by atoms with Gasteiger partial charge in [-0.25, -0.2) is 0 Å². The second kappa shape index (κ2) is 5.19. The number of hydrogen-bond donors (Lipinski definition) is 1. The van der Waals surface area contributed by atoms with Gasteiger partial charge in [0, 0.05) is 30.1 Å². The van der Waals surface area contributed by atoms with Crippen LogP contribution in [-0.4, -0.2) is 15.6 Å². The minimum absolute atomic E-state index is 0.0378. The molecular weight excluding hydrogens is 271 g/mol. The maximum Gasteiger partial charge on any atom is 0.416 e. The number of aromatic nitrogens is 1. The van der Waals surface area contributed by atoms with Crippen LogP contribution < -0.4 is 0 Å². The molecule has 0 aliphatic rings. The number of hydrogen-bond acceptors (Lipinski definition) is 1. The number of fused-ring (bicyclic) bond motifs is 1. The van der Waals surface area contributed by atoms with Gasteiger partial charge in [-0.1, -0.05) is 6.07 Å². The predicted octanol–water partition coefficient (Wildman–Crippen LogP) is 3.70. The maximum atomic E-state index is 12.7. The zero-order valence-corrected chi connectivity index (χ0v) is 10.9. The first kappa shape index (κ1) is 14.4. The number of rotatable bonds is 4. The summed E-state index contributed by atoms with van der Waals surface area (Å²) in [6.45, 7) is 2.37. The van der Waals surface area contributed by atoms with E-state index in [-0.39, 0.29) is 6.42 Å². The van der Waals surface area contributed by atoms with Crippen LogP contribution in [0, 0.1) is 0 Å². The van der Waals surface area contributed by atoms with Gasteiger partial charge in [-0.15, -0.1) is 0 Å². The van der Waals surface area contributed by atoms with Gasteiger partial charge in [0.05, 0.1) is 5.56 Å². The van der Waals surface area contributed by atoms with Crippen molar-refractivity contribution in [1.29, 1.82) is 0 Å². The fraction of sp³-hybridized carbons (Fsp3) is 0.357. The molecule has 0 aliphatic carbocycles. The number of carboxylic acid groups (broad SMARTS) is 1. The number of aliphatic carboxylic acids is 1. The fourth-order valence-electron chi connectivity index (χ4n) is 2.25. The van der Waals surface area contributed by atoms with Crippen LogP contribution in [0.3, 0.4) is 0 Å². The van der Waals surface area contributed by atoms with E-state index in [9.17, 15) is 18.0 Å². The Bertz CT molecular complexity index is 644. The smallest absolute Gasteiger partial charge is 0.416 e. The topological polar surface area (TPSA) is 42.2 Å². The van der Waals surface area contributed by atoms with Crippen molar-refractivity contribution >= 4 is 16.9 Å². The lowest BCUT2D eigenvalue weighted by atomic mass is 10.1. The molecule has 2 rings (SSSR count). The Morgan fingerprint density at radius 3 is 2.60 bits per heavy atom. The van der Waals surface area contributed by atoms with E-state index >= 15 is 0 Å². The van der Waals surface area contributed by atoms with Crippen LogP contribution in [0.1, 0.15) is 24.5 Å². The molecule has 108 valence electrons. The molecule has 20 heavy (non-hydrogen) atoms. The standard InChI is InChI=1S/C14H14F3NO2/c1-2-18-8-9(3-6-13(19)20)11-5-4-10(7-12(11)18)14(15,16)17/h4-5,7-8H,2-3,6H2,1H3,(H,19,20). The number of halogens is 3. The van der Waals surface area contributed by atoms with E-state index < -0.39 is 17.7 Å². The lowest BCUT2D eigenvalue weighted by Gasteiger charge is -2.08. The molecule has 0 amide bonds. The third kappa shape index (κ3) is 2.79. The highest BCUT2D eigenvalue weighted by molar-refractivity contribution is 5.85. The number of carbonyl (C=O) groups is 1. The van der Waals surface area contributed by atoms with Gasteiger partial charge in [-0.05, 0) is 31.0 Å². The minimum Gasteiger partial charge on any atom is -0.481 e. The van der Waals surface area contributed by atoms with Crippen molar-refractivity contribution in [2.45, 2.75) is 32.5 Å². The molecule has 3 nitrogen and oxygen atoms in total. The predicted molar refractivity (Wildman–Crippen MR) is 68.6 cm³/mol. The highest BCUT2D eigenvalue weighted by atomic mass is 19.4. The summed E-state index contributed by atoms with van der Waals surface area (Å²) in [7, 11) is 0. The highest BCUT2D eigenvalue weighted by Crippen LogP contribution is 2.33. The first-order valence-electron chi connectivity index (χ1n) is 6.23. The van der Waals surface area contributed by atoms with Crippen molar-refractivity contribution in [3.63, 3.8) is 0 Å². The fourth-order valence-corrected chi connectivity index (χ4v) is 2.25. The molecule has 0 atom stereocenters. The number of alkyl halides is 3. The number of benzene rings is 1. The summed E-state index contributed by atoms with van der Waals surface area (Å²) in [6, 6.07) is 3.57. The van der Waals surface area contributed by atoms with Crippen molar-refractivity contribution in [3.05, 3.63) is 35.5 Å². The average Bonchev–Trinajstić information content (AvgIpc) is 2.72. The highest BCUT2D eigenvalue weighted by Gasteiger charge is 2.31. The Labute approximate surface area is 113 Å². The Kier molecular flexibility index (Phi) is 3.74. The number of nitrogens with zero attached hydrogens (tertiary/aromatic N) is 1. The summed E-state index contributed by atoms with van der Waals surface area (Å²) in [5, 5.41) is 9.39. The van der Waals surface area contributed by atoms with Crippen molar-refractivity contribution < 1.29 is 23.1 Å². The van der Waals surface area contributed by atoms with Gasteiger partial charge in [-0.2, -0.15) is 13.2 Å². The van der Waals surface area contributed by atoms with Crippen LogP contribution in [0.25, 0.3) is 10.9 Å². The van der Waals surface area contributed by atoms with Crippen LogP contribution in [0.4, 0.5) is 13.2 Å². The van der Waals surface area contributed by atoms with E-state index in [1.807, 2.05) is 6.92 Å². The molecule has 0 unspecified atom stereocenters. The van der Waals surface area contributed by atoms with Crippen molar-refractivity contribution in [1.82, 2.24) is 4.57 Å². The summed E-state index contributed by atoms with van der Waals surface area (Å²) < 4.78 is 39.9. The summed E-state index contributed by atoms with van der Waals surface area (Å²) in [5.74, 6) is -0.922. The second-order valence-electron chi connectivity index (χ2n) is 4.56. The molecule has 2 aromatic rings. The average molecular weight is 285 g/mol. The third-order valence-corrected chi connectivity index (χ3v) is 3.24. The lowest BCUT2D eigenvalue weighted by molar-refractivity contribution is -0.138. The third-order valence-electron chi connectivity index (χ3n) is 3.24. The van der Waals surface area contributed by atoms with Gasteiger partial charge < -0.3 is 9.67 Å². The number of carboxylic acids is 1. The summed E-state index contributed by atoms with van der Waals surface area (Å²) >= 11 is 0. The minimum atomic E-state index is -4.38. The van der Waals surface area contributed by atoms with E-state index in [1.165, 1.54) is 6.07 Å². The van der Waals surface area contributed by atoms with E-state index in [1.54, 1.807) is 10.8 Å². The molecule has 0 fully saturated rings. The van der Waals surface area contributed by atoms with Gasteiger partial charge in [0.1, 0.15) is 0 Å². The summed E-state index contributed by atoms with van der Waals surface area (Å²) in [4.78, 5) is 10.6. The summed E-state index contributed by atoms with van der Waals surface area (Å²) in [6.07, 6.45) is -2.37. The molecule has 0 radical (unpaired) electrons. The quantitative estimate of drug-likeness (QED) is 0.930. The first-order valence-corrected chi connectivity index (χ1v) is 6.23. The van der Waals surface area contributed by atoms with Gasteiger partial charge in [0.2, 0.25) is 0 Å². The molecule has 6 heteroatoms. The molecule has 0 bridgehead atoms. The molecule has 1 N–H and O–H groups in total. The zero-order chi connectivity index (χ0) is 14.9. The number of aryl methyl sites for hydroxylation is 2. The van der Waals surface area contributed by atoms with Crippen LogP contribution in [0.2, 0.25) is 0 Å². The Balaban J connectivity index is 2.50. The zero-order valence-electron chi connectivity index (χ0n) is 10.9. The molecule has 1 heterocycles. The molecule has 0 spiro atoms. The van der Waals surface area contributed by atoms with Crippen LogP contribution in [0.15, 0.2) is 24.4 Å². The lowest BCUT2D eigenvalue weighted by Crippen LogP contribution is -2.05. The van der Waals surface area contributed by atoms with Gasteiger partial charge >= 0.3 is 12.1 Å². The second-order valence-corrected chi connectivity index (χ2v) is 4.56. The van der Waals surface area contributed by atoms with Crippen LogP contribution in [0.5, 0.6) is 0 Å². The Morgan fingerprint density at radius 2 is 2.05 bits per heavy atom. The van der Waals surface area contributed by atoms with E-state index in [4.69, 9.17) is 5.11 Å². The van der Waals surface area contributed by atoms with Gasteiger partial charge in [0.25, 0.3) is 0 Å². The van der Waals surface area contributed by atoms with Crippen LogP contribution >= 0.6 is 0 Å². The Morgan fingerprint density at radius 1 is 1.35 bits per heavy atom. The van der Waals surface area contributed by atoms with Gasteiger partial charge in [0.15, 0.2) is 0 Å². The molecule has 0 saturated heterocycles. The van der Waals surface area contributed by atoms with E-state index in [0.29, 0.717) is 23.9 Å². The van der Waals surface area contributed by atoms with Crippen molar-refractivity contribution in [2.24, 2.45) is 0 Å². The van der Waals surface area contributed by atoms with Crippen molar-refractivity contribution in [3.8, 4) is 0 Å². The normalized spacial score (nSPS) is 12.0. The largest absolute Gasteiger partial charge is 0.481 e. The molecule has 1 aromatic heterocycles. The molecule has 0 aliphatic heterocycles. The molecule has 0 saturated carbocycles. The van der Waals surface area contributed by atoms with E-state index in [2.05, 4.69) is 0 Å². The first-order chi connectivity index (χ1) is 9.32. The van der Waals surface area contributed by atoms with E-state index in [0.717, 1.165) is 17.7 Å². The monoisotopic (exact) mass is 285 g/mol. The Hall–Kier alpha value is -1.98. The van der Waals surface area contributed by atoms with Crippen molar-refractivity contribution in [2.75, 3.05) is 0 Å². The van der Waals surface area contributed by atoms with Gasteiger partial charge in [-0.3, -0.25) is 4.79 Å². The van der Waals surface area contributed by atoms with Crippen LogP contribution in [-0.2, 0) is 23.9 Å². The molecule has 1 aromatic carbocycles. The maximum absolute atomic E-state index is 12.7.